The number of hydrogen-bond acceptors (Lipinski definition) is 2. The fourth-order valence-electron chi connectivity index (χ4n) is 2.54. The molecule has 0 N–H and O–H groups in total. The second-order valence-corrected chi connectivity index (χ2v) is 11.8. The van der Waals surface area contributed by atoms with Crippen LogP contribution < -0.4 is 0 Å². The van der Waals surface area contributed by atoms with Gasteiger partial charge in [-0.1, -0.05) is 125 Å². The van der Waals surface area contributed by atoms with E-state index in [0.29, 0.717) is 0 Å². The van der Waals surface area contributed by atoms with Crippen molar-refractivity contribution in [2.75, 3.05) is 0 Å². The highest BCUT2D eigenvalue weighted by atomic mass is 14.8. The van der Waals surface area contributed by atoms with Gasteiger partial charge in [-0.3, -0.25) is 9.97 Å². The van der Waals surface area contributed by atoms with Gasteiger partial charge in [0.2, 0.25) is 0 Å². The first-order chi connectivity index (χ1) is 12.4. The first kappa shape index (κ1) is 45.9. The number of pyridine rings is 2. The summed E-state index contributed by atoms with van der Waals surface area (Å²) in [5.74, 6) is 0. The molecule has 2 rings (SSSR count). The molecule has 0 aliphatic carbocycles. The Morgan fingerprint density at radius 2 is 0.529 bits per heavy atom. The van der Waals surface area contributed by atoms with Gasteiger partial charge in [0.25, 0.3) is 0 Å². The minimum Gasteiger partial charge on any atom is -0.257 e. The molecule has 2 nitrogen and oxygen atoms in total. The van der Waals surface area contributed by atoms with E-state index in [1.54, 1.807) is 0 Å². The summed E-state index contributed by atoms with van der Waals surface area (Å²) in [4.78, 5) is 9.43. The Bertz CT molecular complexity index is 646. The standard InChI is InChI=1S/2C13H21N.4CH4.2B/c2*1-12(2,3)10-8-7-9-11(14-10)13(4,5)6;;;;;;/h2*7-9H,1-6H3;4*1H4;;. The van der Waals surface area contributed by atoms with Crippen LogP contribution in [-0.4, -0.2) is 26.8 Å². The van der Waals surface area contributed by atoms with Crippen molar-refractivity contribution in [1.29, 1.82) is 0 Å². The number of nitrogens with zero attached hydrogens (tertiary/aromatic N) is 2. The molecular weight excluding hydrogens is 410 g/mol. The van der Waals surface area contributed by atoms with E-state index < -0.39 is 0 Å². The zero-order chi connectivity index (χ0) is 22.0. The SMILES string of the molecule is C.C.C.C.CC(C)(C)c1cccc(C(C)(C)C)n1.CC(C)(C)c1cccc(C(C)(C)C)n1.[B].[B]. The summed E-state index contributed by atoms with van der Waals surface area (Å²) in [7, 11) is 0. The predicted molar refractivity (Wildman–Crippen MR) is 162 cm³/mol. The molecule has 0 saturated carbocycles. The van der Waals surface area contributed by atoms with Crippen LogP contribution in [0.5, 0.6) is 0 Å². The summed E-state index contributed by atoms with van der Waals surface area (Å²) in [5, 5.41) is 0. The summed E-state index contributed by atoms with van der Waals surface area (Å²) < 4.78 is 0. The van der Waals surface area contributed by atoms with E-state index in [1.807, 2.05) is 0 Å². The van der Waals surface area contributed by atoms with Crippen LogP contribution in [0.3, 0.4) is 0 Å². The van der Waals surface area contributed by atoms with Gasteiger partial charge < -0.3 is 0 Å². The first-order valence-electron chi connectivity index (χ1n) is 10.4. The van der Waals surface area contributed by atoms with Gasteiger partial charge in [-0.05, 0) is 24.3 Å². The van der Waals surface area contributed by atoms with Crippen molar-refractivity contribution in [3.8, 4) is 0 Å². The lowest BCUT2D eigenvalue weighted by Crippen LogP contribution is -2.19. The van der Waals surface area contributed by atoms with Crippen molar-refractivity contribution in [2.45, 2.75) is 134 Å². The second-order valence-electron chi connectivity index (χ2n) is 11.8. The maximum absolute atomic E-state index is 4.72. The highest BCUT2D eigenvalue weighted by molar-refractivity contribution is 5.76. The third-order valence-electron chi connectivity index (χ3n) is 4.57. The van der Waals surface area contributed by atoms with Crippen molar-refractivity contribution in [2.24, 2.45) is 0 Å². The smallest absolute Gasteiger partial charge is 0.0460 e. The normalized spacial score (nSPS) is 10.7. The molecule has 0 fully saturated rings. The van der Waals surface area contributed by atoms with Crippen LogP contribution in [0.2, 0.25) is 0 Å². The lowest BCUT2D eigenvalue weighted by Gasteiger charge is -2.23. The molecule has 0 atom stereocenters. The molecule has 34 heavy (non-hydrogen) atoms. The number of hydrogen-bond donors (Lipinski definition) is 0. The molecule has 0 bridgehead atoms. The molecule has 2 heterocycles. The lowest BCUT2D eigenvalue weighted by molar-refractivity contribution is 0.531. The molecule has 0 amide bonds. The van der Waals surface area contributed by atoms with Crippen LogP contribution in [0.4, 0.5) is 0 Å². The third-order valence-corrected chi connectivity index (χ3v) is 4.57. The van der Waals surface area contributed by atoms with Gasteiger partial charge >= 0.3 is 0 Å². The molecule has 6 radical (unpaired) electrons. The maximum atomic E-state index is 4.72. The fourth-order valence-corrected chi connectivity index (χ4v) is 2.54. The summed E-state index contributed by atoms with van der Waals surface area (Å²) in [6.45, 7) is 26.4. The Hall–Kier alpha value is -1.57. The minimum absolute atomic E-state index is 0. The van der Waals surface area contributed by atoms with E-state index in [2.05, 4.69) is 119 Å². The third kappa shape index (κ3) is 14.6. The summed E-state index contributed by atoms with van der Waals surface area (Å²) in [6, 6.07) is 12.6. The topological polar surface area (TPSA) is 25.8 Å². The Morgan fingerprint density at radius 3 is 0.647 bits per heavy atom. The average Bonchev–Trinajstić information content (AvgIpc) is 2.52. The van der Waals surface area contributed by atoms with Crippen LogP contribution in [0.15, 0.2) is 36.4 Å². The summed E-state index contributed by atoms with van der Waals surface area (Å²) >= 11 is 0. The monoisotopic (exact) mass is 468 g/mol. The van der Waals surface area contributed by atoms with Crippen molar-refractivity contribution in [3.63, 3.8) is 0 Å². The van der Waals surface area contributed by atoms with Gasteiger partial charge in [0.1, 0.15) is 0 Å². The van der Waals surface area contributed by atoms with Crippen LogP contribution in [0.25, 0.3) is 0 Å². The average molecular weight is 468 g/mol. The highest BCUT2D eigenvalue weighted by Gasteiger charge is 2.21. The summed E-state index contributed by atoms with van der Waals surface area (Å²) in [6.07, 6.45) is 0. The van der Waals surface area contributed by atoms with E-state index in [-0.39, 0.29) is 68.2 Å². The van der Waals surface area contributed by atoms with Gasteiger partial charge in [0.15, 0.2) is 0 Å². The van der Waals surface area contributed by atoms with Gasteiger partial charge in [0.05, 0.1) is 0 Å². The van der Waals surface area contributed by atoms with Crippen LogP contribution >= 0.6 is 0 Å². The van der Waals surface area contributed by atoms with Crippen molar-refractivity contribution in [1.82, 2.24) is 9.97 Å². The van der Waals surface area contributed by atoms with E-state index in [4.69, 9.17) is 9.97 Å². The van der Waals surface area contributed by atoms with Gasteiger partial charge in [-0.2, -0.15) is 0 Å². The Kier molecular flexibility index (Phi) is 21.8. The number of rotatable bonds is 0. The van der Waals surface area contributed by atoms with E-state index in [9.17, 15) is 0 Å². The maximum Gasteiger partial charge on any atom is 0.0460 e. The molecule has 0 saturated heterocycles. The zero-order valence-electron chi connectivity index (χ0n) is 21.5. The Labute approximate surface area is 220 Å². The van der Waals surface area contributed by atoms with E-state index >= 15 is 0 Å². The molecule has 4 heteroatoms. The zero-order valence-corrected chi connectivity index (χ0v) is 21.5. The van der Waals surface area contributed by atoms with E-state index in [1.165, 1.54) is 22.8 Å². The highest BCUT2D eigenvalue weighted by Crippen LogP contribution is 2.26. The Morgan fingerprint density at radius 1 is 0.382 bits per heavy atom. The molecule has 0 aliphatic heterocycles. The molecule has 2 aromatic heterocycles. The molecular formula is C30H58B2N2. The predicted octanol–water partition coefficient (Wildman–Crippen LogP) is 9.14. The minimum atomic E-state index is 0. The summed E-state index contributed by atoms with van der Waals surface area (Å²) in [5.41, 5.74) is 5.25. The molecule has 0 spiro atoms. The lowest BCUT2D eigenvalue weighted by atomic mass is 9.88. The van der Waals surface area contributed by atoms with E-state index in [0.717, 1.165) is 0 Å². The molecule has 0 aromatic carbocycles. The molecule has 2 aromatic rings. The second kappa shape index (κ2) is 16.2. The van der Waals surface area contributed by atoms with Gasteiger partial charge in [0, 0.05) is 61.3 Å². The van der Waals surface area contributed by atoms with Gasteiger partial charge in [-0.15, -0.1) is 0 Å². The number of aromatic nitrogens is 2. The molecule has 194 valence electrons. The van der Waals surface area contributed by atoms with Crippen LogP contribution in [-0.2, 0) is 21.7 Å². The molecule has 0 aliphatic rings. The first-order valence-corrected chi connectivity index (χ1v) is 10.4. The Balaban J connectivity index is -0.0000000980. The van der Waals surface area contributed by atoms with Crippen LogP contribution in [0.1, 0.15) is 136 Å². The quantitative estimate of drug-likeness (QED) is 0.360. The van der Waals surface area contributed by atoms with Crippen LogP contribution in [0, 0.1) is 0 Å². The van der Waals surface area contributed by atoms with Crippen molar-refractivity contribution >= 4 is 16.8 Å². The fraction of sp³-hybridized carbons (Fsp3) is 0.667. The van der Waals surface area contributed by atoms with Crippen molar-refractivity contribution in [3.05, 3.63) is 59.2 Å². The largest absolute Gasteiger partial charge is 0.257 e. The molecule has 0 unspecified atom stereocenters. The van der Waals surface area contributed by atoms with Gasteiger partial charge in [-0.25, -0.2) is 0 Å². The van der Waals surface area contributed by atoms with Crippen molar-refractivity contribution < 1.29 is 0 Å².